The van der Waals surface area contributed by atoms with Crippen LogP contribution in [0.5, 0.6) is 0 Å². The highest BCUT2D eigenvalue weighted by Crippen LogP contribution is 2.35. The minimum Gasteiger partial charge on any atom is -0.465 e. The van der Waals surface area contributed by atoms with Gasteiger partial charge in [0.25, 0.3) is 11.8 Å². The molecule has 1 heterocycles. The van der Waals surface area contributed by atoms with Gasteiger partial charge in [0, 0.05) is 5.02 Å². The fourth-order valence-electron chi connectivity index (χ4n) is 2.75. The molecule has 3 aromatic rings. The van der Waals surface area contributed by atoms with Crippen molar-refractivity contribution in [3.63, 3.8) is 0 Å². The molecule has 0 radical (unpaired) electrons. The Balaban J connectivity index is 1.96. The van der Waals surface area contributed by atoms with Crippen LogP contribution in [0.1, 0.15) is 36.0 Å². The molecule has 0 spiro atoms. The molecule has 0 saturated heterocycles. The van der Waals surface area contributed by atoms with Crippen LogP contribution in [0.4, 0.5) is 15.1 Å². The van der Waals surface area contributed by atoms with Crippen LogP contribution in [0.15, 0.2) is 42.5 Å². The second kappa shape index (κ2) is 9.47. The fourth-order valence-corrected chi connectivity index (χ4v) is 4.33. The van der Waals surface area contributed by atoms with E-state index in [2.05, 4.69) is 10.6 Å². The lowest BCUT2D eigenvalue weighted by molar-refractivity contribution is 0.0601. The van der Waals surface area contributed by atoms with Crippen LogP contribution in [-0.4, -0.2) is 24.9 Å². The topological polar surface area (TPSA) is 84.5 Å². The second-order valence-corrected chi connectivity index (χ2v) is 8.13. The number of benzene rings is 2. The number of halogens is 3. The Kier molecular flexibility index (Phi) is 6.94. The van der Waals surface area contributed by atoms with E-state index in [1.165, 1.54) is 50.4 Å². The molecule has 0 unspecified atom stereocenters. The number of carbonyl (C=O) groups is 3. The summed E-state index contributed by atoms with van der Waals surface area (Å²) in [5.74, 6) is -2.59. The predicted molar refractivity (Wildman–Crippen MR) is 119 cm³/mol. The number of carbonyl (C=O) groups excluding carboxylic acids is 3. The SMILES string of the molecule is COC(=O)c1c(NC(=O)c2ccc(Cl)cc2Cl)sc(C(=O)Nc2ccccc2F)c1C. The Morgan fingerprint density at radius 2 is 1.74 bits per heavy atom. The number of hydrogen-bond acceptors (Lipinski definition) is 5. The average Bonchev–Trinajstić information content (AvgIpc) is 3.04. The molecular weight excluding hydrogens is 466 g/mol. The summed E-state index contributed by atoms with van der Waals surface area (Å²) >= 11 is 12.8. The molecule has 2 aromatic carbocycles. The molecule has 10 heteroatoms. The first-order valence-corrected chi connectivity index (χ1v) is 10.3. The Morgan fingerprint density at radius 3 is 2.39 bits per heavy atom. The molecule has 2 N–H and O–H groups in total. The van der Waals surface area contributed by atoms with Crippen molar-refractivity contribution in [2.24, 2.45) is 0 Å². The first kappa shape index (κ1) is 22.7. The number of thiophene rings is 1. The van der Waals surface area contributed by atoms with E-state index in [1.807, 2.05) is 0 Å². The number of para-hydroxylation sites is 1. The van der Waals surface area contributed by atoms with Gasteiger partial charge in [-0.25, -0.2) is 9.18 Å². The van der Waals surface area contributed by atoms with Crippen molar-refractivity contribution in [3.8, 4) is 0 Å². The normalized spacial score (nSPS) is 10.5. The van der Waals surface area contributed by atoms with Gasteiger partial charge in [0.2, 0.25) is 0 Å². The molecule has 0 aliphatic heterocycles. The number of methoxy groups -OCH3 is 1. The number of rotatable bonds is 5. The molecule has 3 rings (SSSR count). The van der Waals surface area contributed by atoms with Crippen LogP contribution in [0, 0.1) is 12.7 Å². The van der Waals surface area contributed by atoms with Crippen molar-refractivity contribution in [2.75, 3.05) is 17.7 Å². The molecule has 0 atom stereocenters. The summed E-state index contributed by atoms with van der Waals surface area (Å²) in [4.78, 5) is 37.9. The van der Waals surface area contributed by atoms with Crippen molar-refractivity contribution in [3.05, 3.63) is 79.9 Å². The summed E-state index contributed by atoms with van der Waals surface area (Å²) < 4.78 is 18.7. The van der Waals surface area contributed by atoms with E-state index in [0.29, 0.717) is 5.02 Å². The third-order valence-corrected chi connectivity index (χ3v) is 6.02. The number of amides is 2. The highest BCUT2D eigenvalue weighted by Gasteiger charge is 2.27. The van der Waals surface area contributed by atoms with E-state index in [9.17, 15) is 18.8 Å². The summed E-state index contributed by atoms with van der Waals surface area (Å²) in [6.07, 6.45) is 0. The minimum absolute atomic E-state index is 0.0153. The van der Waals surface area contributed by atoms with Crippen LogP contribution in [0.25, 0.3) is 0 Å². The minimum atomic E-state index is -0.740. The number of esters is 1. The Labute approximate surface area is 190 Å². The van der Waals surface area contributed by atoms with E-state index in [-0.39, 0.29) is 37.3 Å². The van der Waals surface area contributed by atoms with Gasteiger partial charge in [0.1, 0.15) is 10.8 Å². The van der Waals surface area contributed by atoms with Gasteiger partial charge in [-0.2, -0.15) is 0 Å². The summed E-state index contributed by atoms with van der Waals surface area (Å²) in [7, 11) is 1.18. The highest BCUT2D eigenvalue weighted by molar-refractivity contribution is 7.19. The molecule has 6 nitrogen and oxygen atoms in total. The average molecular weight is 481 g/mol. The molecule has 0 aliphatic rings. The molecule has 0 fully saturated rings. The monoisotopic (exact) mass is 480 g/mol. The van der Waals surface area contributed by atoms with Crippen LogP contribution < -0.4 is 10.6 Å². The van der Waals surface area contributed by atoms with Gasteiger partial charge in [-0.05, 0) is 42.8 Å². The maximum atomic E-state index is 13.9. The Bertz CT molecular complexity index is 1200. The van der Waals surface area contributed by atoms with Crippen molar-refractivity contribution in [1.29, 1.82) is 0 Å². The summed E-state index contributed by atoms with van der Waals surface area (Å²) in [5, 5.41) is 5.63. The van der Waals surface area contributed by atoms with E-state index < -0.39 is 23.6 Å². The maximum absolute atomic E-state index is 13.9. The van der Waals surface area contributed by atoms with Crippen molar-refractivity contribution in [1.82, 2.24) is 0 Å². The predicted octanol–water partition coefficient (Wildman–Crippen LogP) is 5.79. The zero-order chi connectivity index (χ0) is 22.7. The van der Waals surface area contributed by atoms with Crippen LogP contribution in [-0.2, 0) is 4.74 Å². The third kappa shape index (κ3) is 4.87. The molecular formula is C21H15Cl2FN2O4S. The molecule has 0 bridgehead atoms. The van der Waals surface area contributed by atoms with E-state index in [4.69, 9.17) is 27.9 Å². The molecule has 1 aromatic heterocycles. The van der Waals surface area contributed by atoms with E-state index >= 15 is 0 Å². The van der Waals surface area contributed by atoms with Gasteiger partial charge in [-0.15, -0.1) is 11.3 Å². The van der Waals surface area contributed by atoms with Gasteiger partial charge >= 0.3 is 5.97 Å². The summed E-state index contributed by atoms with van der Waals surface area (Å²) in [6.45, 7) is 1.53. The first-order chi connectivity index (χ1) is 14.7. The summed E-state index contributed by atoms with van der Waals surface area (Å²) in [6, 6.07) is 10.0. The largest absolute Gasteiger partial charge is 0.465 e. The Morgan fingerprint density at radius 1 is 1.03 bits per heavy atom. The zero-order valence-corrected chi connectivity index (χ0v) is 18.5. The molecule has 31 heavy (non-hydrogen) atoms. The van der Waals surface area contributed by atoms with Crippen molar-refractivity contribution >= 4 is 63.0 Å². The van der Waals surface area contributed by atoms with E-state index in [1.54, 1.807) is 6.07 Å². The van der Waals surface area contributed by atoms with Gasteiger partial charge in [0.05, 0.1) is 33.8 Å². The number of ether oxygens (including phenoxy) is 1. The van der Waals surface area contributed by atoms with Gasteiger partial charge in [0.15, 0.2) is 0 Å². The lowest BCUT2D eigenvalue weighted by atomic mass is 10.1. The lowest BCUT2D eigenvalue weighted by Crippen LogP contribution is -2.15. The third-order valence-electron chi connectivity index (χ3n) is 4.27. The van der Waals surface area contributed by atoms with Gasteiger partial charge < -0.3 is 15.4 Å². The first-order valence-electron chi connectivity index (χ1n) is 8.77. The zero-order valence-electron chi connectivity index (χ0n) is 16.2. The number of nitrogens with one attached hydrogen (secondary N) is 2. The van der Waals surface area contributed by atoms with Crippen LogP contribution in [0.3, 0.4) is 0 Å². The Hall–Kier alpha value is -2.94. The van der Waals surface area contributed by atoms with Crippen molar-refractivity contribution in [2.45, 2.75) is 6.92 Å². The van der Waals surface area contributed by atoms with Gasteiger partial charge in [-0.3, -0.25) is 9.59 Å². The molecule has 2 amide bonds. The van der Waals surface area contributed by atoms with E-state index in [0.717, 1.165) is 11.3 Å². The second-order valence-electron chi connectivity index (χ2n) is 6.26. The lowest BCUT2D eigenvalue weighted by Gasteiger charge is -2.07. The standard InChI is InChI=1S/C21H15Cl2FN2O4S/c1-10-16(21(29)30-2)20(26-18(27)12-8-7-11(22)9-13(12)23)31-17(10)19(28)25-15-6-4-3-5-14(15)24/h3-9H,1-2H3,(H,25,28)(H,26,27). The van der Waals surface area contributed by atoms with Crippen LogP contribution >= 0.6 is 34.5 Å². The molecule has 0 aliphatic carbocycles. The number of hydrogen-bond donors (Lipinski definition) is 2. The molecule has 0 saturated carbocycles. The maximum Gasteiger partial charge on any atom is 0.341 e. The fraction of sp³-hybridized carbons (Fsp3) is 0.0952. The number of anilines is 2. The molecule has 160 valence electrons. The quantitative estimate of drug-likeness (QED) is 0.452. The summed E-state index contributed by atoms with van der Waals surface area (Å²) in [5.41, 5.74) is 0.413. The smallest absolute Gasteiger partial charge is 0.341 e. The van der Waals surface area contributed by atoms with Gasteiger partial charge in [-0.1, -0.05) is 35.3 Å². The van der Waals surface area contributed by atoms with Crippen molar-refractivity contribution < 1.29 is 23.5 Å². The highest BCUT2D eigenvalue weighted by atomic mass is 35.5. The van der Waals surface area contributed by atoms with Crippen LogP contribution in [0.2, 0.25) is 10.0 Å².